The zero-order valence-electron chi connectivity index (χ0n) is 12.8. The van der Waals surface area contributed by atoms with Crippen LogP contribution in [0.3, 0.4) is 0 Å². The predicted molar refractivity (Wildman–Crippen MR) is 81.3 cm³/mol. The van der Waals surface area contributed by atoms with Crippen LogP contribution in [0, 0.1) is 10.1 Å². The van der Waals surface area contributed by atoms with E-state index in [-0.39, 0.29) is 17.3 Å². The highest BCUT2D eigenvalue weighted by molar-refractivity contribution is 5.97. The Morgan fingerprint density at radius 3 is 2.88 bits per heavy atom. The minimum atomic E-state index is -0.623. The summed E-state index contributed by atoms with van der Waals surface area (Å²) in [5.41, 5.74) is -0.245. The Morgan fingerprint density at radius 2 is 2.21 bits per heavy atom. The van der Waals surface area contributed by atoms with E-state index in [9.17, 15) is 20.0 Å². The first-order chi connectivity index (χ1) is 11.6. The fourth-order valence-corrected chi connectivity index (χ4v) is 2.91. The van der Waals surface area contributed by atoms with Gasteiger partial charge in [-0.3, -0.25) is 14.9 Å². The van der Waals surface area contributed by atoms with Crippen LogP contribution in [-0.2, 0) is 0 Å². The van der Waals surface area contributed by atoms with Crippen LogP contribution in [0.2, 0.25) is 0 Å². The van der Waals surface area contributed by atoms with E-state index < -0.39 is 16.6 Å². The summed E-state index contributed by atoms with van der Waals surface area (Å²) in [4.78, 5) is 28.6. The molecule has 1 aromatic heterocycles. The first kappa shape index (κ1) is 15.9. The first-order valence-electron chi connectivity index (χ1n) is 7.62. The standard InChI is InChI=1S/C15H16N4O5/c20-13-8-10(19(22)23)5-6-11(13)15(21)18-7-3-1-2-4-12(18)14-16-9-24-17-14/h5-6,8-9,12,20H,1-4,7H2/t12-/m1/s1. The molecule has 1 fully saturated rings. The third kappa shape index (κ3) is 3.05. The van der Waals surface area contributed by atoms with Crippen LogP contribution in [0.4, 0.5) is 5.69 Å². The molecule has 1 saturated heterocycles. The van der Waals surface area contributed by atoms with Gasteiger partial charge >= 0.3 is 0 Å². The van der Waals surface area contributed by atoms with Gasteiger partial charge in [-0.1, -0.05) is 18.0 Å². The van der Waals surface area contributed by atoms with E-state index in [4.69, 9.17) is 4.52 Å². The highest BCUT2D eigenvalue weighted by Crippen LogP contribution is 2.32. The van der Waals surface area contributed by atoms with Gasteiger partial charge in [0.1, 0.15) is 5.75 Å². The fraction of sp³-hybridized carbons (Fsp3) is 0.400. The van der Waals surface area contributed by atoms with Crippen LogP contribution in [0.15, 0.2) is 29.1 Å². The number of amides is 1. The van der Waals surface area contributed by atoms with Gasteiger partial charge in [0.25, 0.3) is 11.6 Å². The largest absolute Gasteiger partial charge is 0.507 e. The van der Waals surface area contributed by atoms with Crippen molar-refractivity contribution in [3.8, 4) is 5.75 Å². The van der Waals surface area contributed by atoms with Crippen molar-refractivity contribution in [1.29, 1.82) is 0 Å². The van der Waals surface area contributed by atoms with Gasteiger partial charge in [0, 0.05) is 12.6 Å². The second kappa shape index (κ2) is 6.65. The molecule has 1 amide bonds. The van der Waals surface area contributed by atoms with Crippen molar-refractivity contribution in [3.05, 3.63) is 46.1 Å². The third-order valence-corrected chi connectivity index (χ3v) is 4.11. The van der Waals surface area contributed by atoms with Crippen molar-refractivity contribution in [2.24, 2.45) is 0 Å². The number of non-ortho nitro benzene ring substituents is 1. The van der Waals surface area contributed by atoms with E-state index in [2.05, 4.69) is 10.1 Å². The Labute approximate surface area is 137 Å². The lowest BCUT2D eigenvalue weighted by Crippen LogP contribution is -2.35. The van der Waals surface area contributed by atoms with Crippen LogP contribution in [0.25, 0.3) is 0 Å². The van der Waals surface area contributed by atoms with Crippen LogP contribution in [0.1, 0.15) is 47.9 Å². The Bertz CT molecular complexity index is 746. The van der Waals surface area contributed by atoms with E-state index in [1.54, 1.807) is 4.90 Å². The van der Waals surface area contributed by atoms with Gasteiger partial charge in [-0.15, -0.1) is 0 Å². The number of rotatable bonds is 3. The third-order valence-electron chi connectivity index (χ3n) is 4.11. The van der Waals surface area contributed by atoms with E-state index in [0.29, 0.717) is 18.8 Å². The molecule has 2 aromatic rings. The van der Waals surface area contributed by atoms with Crippen LogP contribution >= 0.6 is 0 Å². The molecule has 1 aliphatic rings. The molecule has 0 radical (unpaired) electrons. The molecule has 1 atom stereocenters. The van der Waals surface area contributed by atoms with Crippen LogP contribution in [0.5, 0.6) is 5.75 Å². The maximum atomic E-state index is 12.9. The number of carbonyl (C=O) groups is 1. The summed E-state index contributed by atoms with van der Waals surface area (Å²) >= 11 is 0. The first-order valence-corrected chi connectivity index (χ1v) is 7.62. The fourth-order valence-electron chi connectivity index (χ4n) is 2.91. The molecule has 126 valence electrons. The predicted octanol–water partition coefficient (Wildman–Crippen LogP) is 2.44. The van der Waals surface area contributed by atoms with Crippen LogP contribution < -0.4 is 0 Å². The maximum Gasteiger partial charge on any atom is 0.273 e. The molecule has 9 nitrogen and oxygen atoms in total. The molecule has 0 bridgehead atoms. The summed E-state index contributed by atoms with van der Waals surface area (Å²) in [7, 11) is 0. The summed E-state index contributed by atoms with van der Waals surface area (Å²) in [5, 5.41) is 24.6. The number of nitrogens with zero attached hydrogens (tertiary/aromatic N) is 4. The van der Waals surface area contributed by atoms with Crippen molar-refractivity contribution in [1.82, 2.24) is 15.0 Å². The molecule has 0 spiro atoms. The molecule has 2 heterocycles. The van der Waals surface area contributed by atoms with Gasteiger partial charge < -0.3 is 14.5 Å². The van der Waals surface area contributed by atoms with Crippen molar-refractivity contribution in [2.45, 2.75) is 31.7 Å². The number of nitro benzene ring substituents is 1. The zero-order valence-corrected chi connectivity index (χ0v) is 12.8. The highest BCUT2D eigenvalue weighted by atomic mass is 16.6. The molecule has 9 heteroatoms. The second-order valence-corrected chi connectivity index (χ2v) is 5.61. The van der Waals surface area contributed by atoms with Crippen LogP contribution in [-0.4, -0.2) is 37.5 Å². The number of hydrogen-bond donors (Lipinski definition) is 1. The smallest absolute Gasteiger partial charge is 0.273 e. The molecule has 1 N–H and O–H groups in total. The number of benzene rings is 1. The lowest BCUT2D eigenvalue weighted by molar-refractivity contribution is -0.384. The topological polar surface area (TPSA) is 123 Å². The van der Waals surface area contributed by atoms with Gasteiger partial charge in [0.15, 0.2) is 5.82 Å². The van der Waals surface area contributed by atoms with E-state index >= 15 is 0 Å². The van der Waals surface area contributed by atoms with E-state index in [0.717, 1.165) is 25.3 Å². The molecule has 0 saturated carbocycles. The average molecular weight is 332 g/mol. The number of nitro groups is 1. The minimum Gasteiger partial charge on any atom is -0.507 e. The number of likely N-dealkylation sites (tertiary alicyclic amines) is 1. The molecule has 24 heavy (non-hydrogen) atoms. The monoisotopic (exact) mass is 332 g/mol. The van der Waals surface area contributed by atoms with E-state index in [1.807, 2.05) is 0 Å². The summed E-state index contributed by atoms with van der Waals surface area (Å²) in [5.74, 6) is -0.393. The quantitative estimate of drug-likeness (QED) is 0.676. The Hall–Kier alpha value is -2.97. The Kier molecular flexibility index (Phi) is 4.41. The molecule has 1 aromatic carbocycles. The summed E-state index contributed by atoms with van der Waals surface area (Å²) in [6.07, 6.45) is 4.64. The lowest BCUT2D eigenvalue weighted by Gasteiger charge is -2.28. The molecular weight excluding hydrogens is 316 g/mol. The lowest BCUT2D eigenvalue weighted by atomic mass is 10.1. The number of carbonyl (C=O) groups excluding carboxylic acids is 1. The number of hydrogen-bond acceptors (Lipinski definition) is 7. The number of aromatic hydroxyl groups is 1. The Balaban J connectivity index is 1.92. The summed E-state index contributed by atoms with van der Waals surface area (Å²) < 4.78 is 4.78. The number of phenolic OH excluding ortho intramolecular Hbond substituents is 1. The van der Waals surface area contributed by atoms with Crippen molar-refractivity contribution >= 4 is 11.6 Å². The van der Waals surface area contributed by atoms with Gasteiger partial charge in [-0.25, -0.2) is 0 Å². The van der Waals surface area contributed by atoms with Gasteiger partial charge in [-0.2, -0.15) is 4.98 Å². The molecule has 1 aliphatic heterocycles. The SMILES string of the molecule is O=C(c1ccc([N+](=O)[O-])cc1O)N1CCCCC[C@@H]1c1ncon1. The molecular formula is C15H16N4O5. The molecule has 0 aliphatic carbocycles. The normalized spacial score (nSPS) is 18.2. The van der Waals surface area contributed by atoms with Gasteiger partial charge in [0.2, 0.25) is 6.39 Å². The highest BCUT2D eigenvalue weighted by Gasteiger charge is 2.31. The molecule has 0 unspecified atom stereocenters. The minimum absolute atomic E-state index is 0.0241. The maximum absolute atomic E-state index is 12.9. The zero-order chi connectivity index (χ0) is 17.1. The number of aromatic nitrogens is 2. The van der Waals surface area contributed by atoms with Crippen molar-refractivity contribution in [2.75, 3.05) is 6.54 Å². The Morgan fingerprint density at radius 1 is 1.38 bits per heavy atom. The number of phenols is 1. The van der Waals surface area contributed by atoms with Crippen molar-refractivity contribution in [3.63, 3.8) is 0 Å². The molecule has 3 rings (SSSR count). The second-order valence-electron chi connectivity index (χ2n) is 5.61. The van der Waals surface area contributed by atoms with E-state index in [1.165, 1.54) is 18.5 Å². The summed E-state index contributed by atoms with van der Waals surface area (Å²) in [6, 6.07) is 3.12. The average Bonchev–Trinajstić information content (AvgIpc) is 2.98. The van der Waals surface area contributed by atoms with Gasteiger partial charge in [-0.05, 0) is 18.9 Å². The van der Waals surface area contributed by atoms with Crippen molar-refractivity contribution < 1.29 is 19.3 Å². The van der Waals surface area contributed by atoms with Gasteiger partial charge in [0.05, 0.1) is 22.6 Å². The summed E-state index contributed by atoms with van der Waals surface area (Å²) in [6.45, 7) is 0.495.